The predicted molar refractivity (Wildman–Crippen MR) is 300 cm³/mol. The maximum atomic E-state index is 16.0. The molecule has 1 amide bonds. The lowest BCUT2D eigenvalue weighted by atomic mass is 9.74. The number of hydrogen-bond donors (Lipinski definition) is 2. The van der Waals surface area contributed by atoms with Crippen molar-refractivity contribution in [2.24, 2.45) is 46.6 Å². The van der Waals surface area contributed by atoms with Crippen LogP contribution in [-0.4, -0.2) is 213 Å². The topological polar surface area (TPSA) is 248 Å². The number of morpholine rings is 1. The van der Waals surface area contributed by atoms with Crippen LogP contribution in [-0.2, 0) is 76.1 Å². The Balaban J connectivity index is 1.51. The van der Waals surface area contributed by atoms with Gasteiger partial charge in [0.05, 0.1) is 80.0 Å². The fourth-order valence-electron chi connectivity index (χ4n) is 13.4. The van der Waals surface area contributed by atoms with Gasteiger partial charge in [0.1, 0.15) is 43.7 Å². The zero-order chi connectivity index (χ0) is 60.7. The van der Waals surface area contributed by atoms with E-state index in [1.807, 2.05) is 62.3 Å². The second kappa shape index (κ2) is 30.0. The molecule has 2 N–H and O–H groups in total. The maximum Gasteiger partial charge on any atom is 0.410 e. The van der Waals surface area contributed by atoms with Crippen molar-refractivity contribution in [1.82, 2.24) is 9.80 Å². The molecule has 0 aromatic rings. The summed E-state index contributed by atoms with van der Waals surface area (Å²) in [5, 5.41) is 27.0. The molecule has 82 heavy (non-hydrogen) atoms. The Morgan fingerprint density at radius 3 is 1.99 bits per heavy atom. The summed E-state index contributed by atoms with van der Waals surface area (Å²) in [4.78, 5) is 69.6. The smallest absolute Gasteiger partial charge is 0.410 e. The van der Waals surface area contributed by atoms with Crippen LogP contribution < -0.4 is 0 Å². The third-order valence-electron chi connectivity index (χ3n) is 17.9. The highest BCUT2D eigenvalue weighted by Crippen LogP contribution is 2.41. The van der Waals surface area contributed by atoms with Crippen molar-refractivity contribution < 1.29 is 91.1 Å². The fraction of sp³-hybridized carbons (Fsp3) is 0.917. The Bertz CT molecular complexity index is 2090. The van der Waals surface area contributed by atoms with Crippen molar-refractivity contribution in [3.05, 3.63) is 0 Å². The number of aliphatic hydroxyl groups is 2. The van der Waals surface area contributed by atoms with Crippen molar-refractivity contribution in [2.75, 3.05) is 47.6 Å². The maximum absolute atomic E-state index is 16.0. The average molecular weight is 1170 g/mol. The lowest BCUT2D eigenvalue weighted by molar-refractivity contribution is -0.305. The second-order valence-corrected chi connectivity index (χ2v) is 25.6. The number of carbonyl (C=O) groups is 4. The molecule has 0 spiro atoms. The number of oxime groups is 1. The molecule has 0 radical (unpaired) electrons. The first kappa shape index (κ1) is 68.0. The molecule has 1 saturated carbocycles. The summed E-state index contributed by atoms with van der Waals surface area (Å²) in [6.45, 7) is 28.5. The van der Waals surface area contributed by atoms with Gasteiger partial charge in [-0.15, -0.1) is 0 Å². The summed E-state index contributed by atoms with van der Waals surface area (Å²) >= 11 is 0. The standard InChI is InChI=1S/C60H103N3O19/c1-30(2)22-45(64)78-51-39(11)50(32(4)29-73-58-54(71-17)53(70-16)47(65)42(14)77-58)80-56(68)41(13)52(79-46-23-33(5)63(28-37(9)75-46)43-20-19-21-43)38(10)49(81-57-48(66)44(61-72-18)24-34(6)76-57)31(3)25-60(15,55(67)40(51)12)82-59(69)62-26-35(7)74-36(8)27-62/h30-43,46-54,57-58,65-66H,19-29H2,1-18H3/b61-44+/t31-,32-,33?,34+,35-,36+,37-,38+,39-,40+,41+,42+,46-,47+,48+,49-,50+,51+,52-,53+,54+,57-,58+,60-/m0/s1. The first-order chi connectivity index (χ1) is 38.6. The van der Waals surface area contributed by atoms with E-state index in [1.165, 1.54) is 32.7 Å². The molecule has 24 atom stereocenters. The number of ether oxygens (including phenoxy) is 12. The molecule has 6 fully saturated rings. The van der Waals surface area contributed by atoms with Gasteiger partial charge < -0.3 is 76.8 Å². The number of methoxy groups -OCH3 is 2. The Hall–Kier alpha value is -3.13. The van der Waals surface area contributed by atoms with Gasteiger partial charge >= 0.3 is 18.0 Å². The number of nitrogens with zero attached hydrogens (tertiary/aromatic N) is 3. The van der Waals surface area contributed by atoms with Crippen LogP contribution >= 0.6 is 0 Å². The van der Waals surface area contributed by atoms with Gasteiger partial charge in [-0.3, -0.25) is 19.3 Å². The van der Waals surface area contributed by atoms with Gasteiger partial charge in [0.25, 0.3) is 0 Å². The van der Waals surface area contributed by atoms with E-state index in [0.717, 1.165) is 12.8 Å². The lowest BCUT2D eigenvalue weighted by Gasteiger charge is -2.45. The van der Waals surface area contributed by atoms with E-state index in [0.29, 0.717) is 24.7 Å². The Labute approximate surface area is 487 Å². The summed E-state index contributed by atoms with van der Waals surface area (Å²) in [6.07, 6.45) is -10.4. The van der Waals surface area contributed by atoms with Gasteiger partial charge in [-0.2, -0.15) is 0 Å². The molecule has 6 rings (SSSR count). The Morgan fingerprint density at radius 1 is 0.744 bits per heavy atom. The van der Waals surface area contributed by atoms with Crippen LogP contribution in [0.3, 0.4) is 0 Å². The minimum atomic E-state index is -1.94. The van der Waals surface area contributed by atoms with E-state index < -0.39 is 145 Å². The monoisotopic (exact) mass is 1170 g/mol. The van der Waals surface area contributed by atoms with Crippen molar-refractivity contribution in [2.45, 2.75) is 265 Å². The zero-order valence-electron chi connectivity index (χ0n) is 52.4. The highest BCUT2D eigenvalue weighted by atomic mass is 16.7. The molecule has 0 aromatic carbocycles. The zero-order valence-corrected chi connectivity index (χ0v) is 52.4. The molecular formula is C60H103N3O19. The lowest BCUT2D eigenvalue weighted by Crippen LogP contribution is -2.59. The molecule has 1 aliphatic carbocycles. The average Bonchev–Trinajstić information content (AvgIpc) is 3.54. The van der Waals surface area contributed by atoms with Gasteiger partial charge in [-0.05, 0) is 86.5 Å². The van der Waals surface area contributed by atoms with Gasteiger partial charge in [0, 0.05) is 69.9 Å². The summed E-state index contributed by atoms with van der Waals surface area (Å²) in [6, 6.07) is 0.492. The number of aliphatic hydroxyl groups excluding tert-OH is 2. The third-order valence-corrected chi connectivity index (χ3v) is 17.9. The Kier molecular flexibility index (Phi) is 24.9. The van der Waals surface area contributed by atoms with Crippen LogP contribution in [0, 0.1) is 41.4 Å². The molecule has 1 unspecified atom stereocenters. The number of carbonyl (C=O) groups excluding carboxylic acids is 4. The Morgan fingerprint density at radius 2 is 1.39 bits per heavy atom. The van der Waals surface area contributed by atoms with Crippen LogP contribution in [0.2, 0.25) is 0 Å². The number of ketones is 1. The van der Waals surface area contributed by atoms with E-state index in [-0.39, 0.29) is 69.2 Å². The molecule has 6 aliphatic rings. The number of esters is 2. The van der Waals surface area contributed by atoms with E-state index in [9.17, 15) is 19.8 Å². The molecule has 472 valence electrons. The van der Waals surface area contributed by atoms with E-state index in [4.69, 9.17) is 61.7 Å². The van der Waals surface area contributed by atoms with E-state index in [2.05, 4.69) is 17.0 Å². The number of amides is 1. The first-order valence-electron chi connectivity index (χ1n) is 30.3. The van der Waals surface area contributed by atoms with Crippen LogP contribution in [0.1, 0.15) is 149 Å². The minimum Gasteiger partial charge on any atom is -0.461 e. The number of rotatable bonds is 16. The van der Waals surface area contributed by atoms with Crippen LogP contribution in [0.5, 0.6) is 0 Å². The van der Waals surface area contributed by atoms with Crippen molar-refractivity contribution >= 4 is 29.5 Å². The highest BCUT2D eigenvalue weighted by molar-refractivity contribution is 5.92. The van der Waals surface area contributed by atoms with E-state index in [1.54, 1.807) is 34.6 Å². The first-order valence-corrected chi connectivity index (χ1v) is 30.3. The van der Waals surface area contributed by atoms with Crippen LogP contribution in [0.15, 0.2) is 5.16 Å². The predicted octanol–water partition coefficient (Wildman–Crippen LogP) is 6.45. The highest BCUT2D eigenvalue weighted by Gasteiger charge is 2.53. The SMILES string of the molecule is CO/N=C1\C[C@@H](C)O[C@@H](O[C@@H]2[C@@H](C)[C@H](O[C@H]3CC(C)N(C4CCC4)C[C@H](C)O3)[C@@H](C)C(=O)O[C@H]([C@@H](C)CO[C@@H]3O[C@H](C)[C@@H](O)[C@@H](OC)[C@H]3OC)[C@H](C)[C@@H](OC(=O)CC(C)C)[C@@H](C)C(=O)[C@@](C)(OC(=O)N3C[C@@H](C)O[C@@H](C)C3)C[C@@H]2C)[C@@H]1O. The summed E-state index contributed by atoms with van der Waals surface area (Å²) < 4.78 is 77.3. The minimum absolute atomic E-state index is 0.0163. The number of hydrogen-bond acceptors (Lipinski definition) is 21. The summed E-state index contributed by atoms with van der Waals surface area (Å²) in [5.74, 6) is -7.26. The molecule has 5 heterocycles. The molecule has 22 nitrogen and oxygen atoms in total. The largest absolute Gasteiger partial charge is 0.461 e. The van der Waals surface area contributed by atoms with Crippen molar-refractivity contribution in [3.8, 4) is 0 Å². The summed E-state index contributed by atoms with van der Waals surface area (Å²) in [7, 11) is 4.32. The molecule has 0 aromatic heterocycles. The van der Waals surface area contributed by atoms with Crippen LogP contribution in [0.25, 0.3) is 0 Å². The van der Waals surface area contributed by atoms with Gasteiger partial charge in [-0.1, -0.05) is 60.0 Å². The van der Waals surface area contributed by atoms with Crippen molar-refractivity contribution in [3.63, 3.8) is 0 Å². The van der Waals surface area contributed by atoms with Gasteiger partial charge in [-0.25, -0.2) is 4.79 Å². The molecule has 22 heteroatoms. The third kappa shape index (κ3) is 16.7. The molecule has 0 bridgehead atoms. The quantitative estimate of drug-likeness (QED) is 0.0957. The molecule has 5 saturated heterocycles. The van der Waals surface area contributed by atoms with Gasteiger partial charge in [0.2, 0.25) is 0 Å². The van der Waals surface area contributed by atoms with Gasteiger partial charge in [0.15, 0.2) is 30.3 Å². The second-order valence-electron chi connectivity index (χ2n) is 25.6. The fourth-order valence-corrected chi connectivity index (χ4v) is 13.4. The normalized spacial score (nSPS) is 42.6. The van der Waals surface area contributed by atoms with Crippen molar-refractivity contribution in [1.29, 1.82) is 0 Å². The number of cyclic esters (lactones) is 1. The summed E-state index contributed by atoms with van der Waals surface area (Å²) in [5.41, 5.74) is -1.64. The molecule has 5 aliphatic heterocycles. The molecular weight excluding hydrogens is 1070 g/mol. The number of Topliss-reactive ketones (excluding diaryl/α,β-unsaturated/α-hetero) is 1. The van der Waals surface area contributed by atoms with Crippen LogP contribution in [0.4, 0.5) is 4.79 Å². The van der Waals surface area contributed by atoms with E-state index >= 15 is 9.59 Å².